The van der Waals surface area contributed by atoms with Gasteiger partial charge in [-0.15, -0.1) is 0 Å². The van der Waals surface area contributed by atoms with Gasteiger partial charge in [0.2, 0.25) is 0 Å². The molecule has 0 aliphatic heterocycles. The van der Waals surface area contributed by atoms with Gasteiger partial charge >= 0.3 is 0 Å². The maximum atomic E-state index is 4.83. The largest absolute Gasteiger partial charge is 0.237 e. The molecule has 0 atom stereocenters. The first-order valence-corrected chi connectivity index (χ1v) is 8.09. The molecule has 0 unspecified atom stereocenters. The number of benzene rings is 1. The lowest BCUT2D eigenvalue weighted by molar-refractivity contribution is 0.680. The lowest BCUT2D eigenvalue weighted by atomic mass is 10.1. The number of aromatic nitrogens is 2. The quantitative estimate of drug-likeness (QED) is 0.624. The van der Waals surface area contributed by atoms with E-state index in [0.29, 0.717) is 0 Å². The predicted molar refractivity (Wildman–Crippen MR) is 86.0 cm³/mol. The third-order valence-electron chi connectivity index (χ3n) is 3.75. The second kappa shape index (κ2) is 7.98. The molecule has 0 saturated heterocycles. The summed E-state index contributed by atoms with van der Waals surface area (Å²) in [5, 5.41) is 1.24. The van der Waals surface area contributed by atoms with Crippen LogP contribution in [-0.4, -0.2) is 9.97 Å². The van der Waals surface area contributed by atoms with E-state index >= 15 is 0 Å². The average Bonchev–Trinajstić information content (AvgIpc) is 2.48. The van der Waals surface area contributed by atoms with Gasteiger partial charge in [-0.3, -0.25) is 0 Å². The van der Waals surface area contributed by atoms with Crippen molar-refractivity contribution >= 4 is 10.9 Å². The van der Waals surface area contributed by atoms with Gasteiger partial charge in [0.1, 0.15) is 5.82 Å². The number of hydrogen-bond acceptors (Lipinski definition) is 2. The molecule has 20 heavy (non-hydrogen) atoms. The van der Waals surface area contributed by atoms with Gasteiger partial charge in [0.05, 0.1) is 11.2 Å². The molecule has 0 radical (unpaired) electrons. The molecule has 0 aliphatic rings. The van der Waals surface area contributed by atoms with Gasteiger partial charge in [-0.1, -0.05) is 57.7 Å². The fraction of sp³-hybridized carbons (Fsp3) is 0.556. The van der Waals surface area contributed by atoms with E-state index in [4.69, 9.17) is 9.97 Å². The monoisotopic (exact) mass is 270 g/mol. The Hall–Kier alpha value is -1.44. The molecule has 108 valence electrons. The second-order valence-corrected chi connectivity index (χ2v) is 5.52. The van der Waals surface area contributed by atoms with E-state index < -0.39 is 0 Å². The molecule has 2 aromatic rings. The summed E-state index contributed by atoms with van der Waals surface area (Å²) in [5.74, 6) is 1.03. The van der Waals surface area contributed by atoms with Crippen LogP contribution in [0.3, 0.4) is 0 Å². The molecular formula is C18H26N2. The number of para-hydroxylation sites is 1. The molecule has 0 aliphatic carbocycles. The van der Waals surface area contributed by atoms with Crippen molar-refractivity contribution in [3.8, 4) is 0 Å². The summed E-state index contributed by atoms with van der Waals surface area (Å²) < 4.78 is 0. The van der Waals surface area contributed by atoms with Crippen molar-refractivity contribution in [2.45, 2.75) is 65.2 Å². The van der Waals surface area contributed by atoms with E-state index in [2.05, 4.69) is 38.1 Å². The normalized spacial score (nSPS) is 11.1. The first-order chi connectivity index (χ1) is 9.85. The van der Waals surface area contributed by atoms with Crippen LogP contribution in [0.1, 0.15) is 63.9 Å². The smallest absolute Gasteiger partial charge is 0.129 e. The molecule has 2 nitrogen and oxygen atoms in total. The van der Waals surface area contributed by atoms with E-state index in [1.165, 1.54) is 49.6 Å². The molecule has 1 heterocycles. The Balaban J connectivity index is 2.21. The summed E-state index contributed by atoms with van der Waals surface area (Å²) in [6.45, 7) is 4.48. The van der Waals surface area contributed by atoms with Gasteiger partial charge in [0.15, 0.2) is 0 Å². The van der Waals surface area contributed by atoms with Gasteiger partial charge < -0.3 is 0 Å². The Morgan fingerprint density at radius 3 is 2.25 bits per heavy atom. The second-order valence-electron chi connectivity index (χ2n) is 5.52. The zero-order chi connectivity index (χ0) is 14.2. The summed E-state index contributed by atoms with van der Waals surface area (Å²) >= 11 is 0. The predicted octanol–water partition coefficient (Wildman–Crippen LogP) is 5.10. The summed E-state index contributed by atoms with van der Waals surface area (Å²) in [5.41, 5.74) is 2.36. The van der Waals surface area contributed by atoms with Crippen LogP contribution in [0.15, 0.2) is 24.3 Å². The standard InChI is InChI=1S/C18H26N2/c1-3-5-7-12-16-15-11-9-10-13-17(15)20-18(19-16)14-8-6-4-2/h9-11,13H,3-8,12,14H2,1-2H3. The number of unbranched alkanes of at least 4 members (excludes halogenated alkanes) is 4. The highest BCUT2D eigenvalue weighted by Gasteiger charge is 2.07. The minimum absolute atomic E-state index is 1.01. The summed E-state index contributed by atoms with van der Waals surface area (Å²) in [4.78, 5) is 9.56. The summed E-state index contributed by atoms with van der Waals surface area (Å²) in [6.07, 6.45) is 9.57. The van der Waals surface area contributed by atoms with Crippen molar-refractivity contribution in [1.82, 2.24) is 9.97 Å². The number of nitrogens with zero attached hydrogens (tertiary/aromatic N) is 2. The zero-order valence-corrected chi connectivity index (χ0v) is 12.9. The third-order valence-corrected chi connectivity index (χ3v) is 3.75. The van der Waals surface area contributed by atoms with Gasteiger partial charge in [-0.2, -0.15) is 0 Å². The molecule has 1 aromatic carbocycles. The van der Waals surface area contributed by atoms with Crippen LogP contribution in [0.5, 0.6) is 0 Å². The summed E-state index contributed by atoms with van der Waals surface area (Å²) in [6, 6.07) is 8.43. The average molecular weight is 270 g/mol. The zero-order valence-electron chi connectivity index (χ0n) is 12.9. The van der Waals surface area contributed by atoms with Crippen LogP contribution >= 0.6 is 0 Å². The van der Waals surface area contributed by atoms with Crippen LogP contribution in [0.4, 0.5) is 0 Å². The van der Waals surface area contributed by atoms with Crippen molar-refractivity contribution in [2.24, 2.45) is 0 Å². The minimum atomic E-state index is 1.01. The molecule has 2 heteroatoms. The Morgan fingerprint density at radius 2 is 1.50 bits per heavy atom. The Bertz CT molecular complexity index is 534. The van der Waals surface area contributed by atoms with Gasteiger partial charge in [0, 0.05) is 11.8 Å². The van der Waals surface area contributed by atoms with E-state index in [0.717, 1.165) is 24.2 Å². The molecular weight excluding hydrogens is 244 g/mol. The highest BCUT2D eigenvalue weighted by Crippen LogP contribution is 2.18. The van der Waals surface area contributed by atoms with Crippen LogP contribution in [0, 0.1) is 0 Å². The van der Waals surface area contributed by atoms with E-state index in [1.807, 2.05) is 0 Å². The molecule has 0 saturated carbocycles. The SMILES string of the molecule is CCCCCc1nc(CCCCC)c2ccccc2n1. The molecule has 2 rings (SSSR count). The van der Waals surface area contributed by atoms with Crippen LogP contribution < -0.4 is 0 Å². The Morgan fingerprint density at radius 1 is 0.800 bits per heavy atom. The molecule has 0 spiro atoms. The highest BCUT2D eigenvalue weighted by atomic mass is 14.9. The van der Waals surface area contributed by atoms with Crippen molar-refractivity contribution in [2.75, 3.05) is 0 Å². The molecule has 0 bridgehead atoms. The van der Waals surface area contributed by atoms with Crippen molar-refractivity contribution in [1.29, 1.82) is 0 Å². The fourth-order valence-electron chi connectivity index (χ4n) is 2.57. The van der Waals surface area contributed by atoms with Crippen molar-refractivity contribution < 1.29 is 0 Å². The number of fused-ring (bicyclic) bond motifs is 1. The van der Waals surface area contributed by atoms with Crippen molar-refractivity contribution in [3.63, 3.8) is 0 Å². The maximum Gasteiger partial charge on any atom is 0.129 e. The molecule has 0 fully saturated rings. The molecule has 0 amide bonds. The van der Waals surface area contributed by atoms with E-state index in [-0.39, 0.29) is 0 Å². The molecule has 1 aromatic heterocycles. The topological polar surface area (TPSA) is 25.8 Å². The van der Waals surface area contributed by atoms with E-state index in [9.17, 15) is 0 Å². The summed E-state index contributed by atoms with van der Waals surface area (Å²) in [7, 11) is 0. The lowest BCUT2D eigenvalue weighted by Gasteiger charge is -2.08. The van der Waals surface area contributed by atoms with Gasteiger partial charge in [-0.25, -0.2) is 9.97 Å². The van der Waals surface area contributed by atoms with Crippen LogP contribution in [0.2, 0.25) is 0 Å². The highest BCUT2D eigenvalue weighted by molar-refractivity contribution is 5.80. The van der Waals surface area contributed by atoms with Crippen LogP contribution in [0.25, 0.3) is 10.9 Å². The first kappa shape index (κ1) is 15.0. The van der Waals surface area contributed by atoms with E-state index in [1.54, 1.807) is 0 Å². The number of hydrogen-bond donors (Lipinski definition) is 0. The number of aryl methyl sites for hydroxylation is 2. The third kappa shape index (κ3) is 4.03. The first-order valence-electron chi connectivity index (χ1n) is 8.09. The molecule has 0 N–H and O–H groups in total. The number of rotatable bonds is 8. The van der Waals surface area contributed by atoms with Gasteiger partial charge in [0.25, 0.3) is 0 Å². The Labute approximate surface area is 122 Å². The maximum absolute atomic E-state index is 4.83. The van der Waals surface area contributed by atoms with Crippen LogP contribution in [-0.2, 0) is 12.8 Å². The Kier molecular flexibility index (Phi) is 5.97. The minimum Gasteiger partial charge on any atom is -0.237 e. The van der Waals surface area contributed by atoms with Crippen molar-refractivity contribution in [3.05, 3.63) is 35.8 Å². The lowest BCUT2D eigenvalue weighted by Crippen LogP contribution is -2.02. The van der Waals surface area contributed by atoms with Gasteiger partial charge in [-0.05, 0) is 25.3 Å². The fourth-order valence-corrected chi connectivity index (χ4v) is 2.57.